The van der Waals surface area contributed by atoms with Crippen LogP contribution >= 0.6 is 0 Å². The van der Waals surface area contributed by atoms with Gasteiger partial charge in [-0.2, -0.15) is 0 Å². The van der Waals surface area contributed by atoms with E-state index < -0.39 is 0 Å². The number of fused-ring (bicyclic) bond motifs is 1. The lowest BCUT2D eigenvalue weighted by Crippen LogP contribution is -2.41. The van der Waals surface area contributed by atoms with Gasteiger partial charge in [-0.15, -0.1) is 0 Å². The van der Waals surface area contributed by atoms with Crippen LogP contribution in [0.4, 0.5) is 0 Å². The second kappa shape index (κ2) is 5.28. The molecule has 2 rings (SSSR count). The maximum atomic E-state index is 5.62. The molecular formula is C12H24N2O. The monoisotopic (exact) mass is 212 g/mol. The van der Waals surface area contributed by atoms with E-state index in [1.165, 1.54) is 25.7 Å². The Balaban J connectivity index is 1.75. The summed E-state index contributed by atoms with van der Waals surface area (Å²) in [6.45, 7) is 3.80. The van der Waals surface area contributed by atoms with Crippen LogP contribution in [-0.4, -0.2) is 19.3 Å². The maximum Gasteiger partial charge on any atom is 0.0636 e. The first-order valence-corrected chi connectivity index (χ1v) is 6.42. The largest absolute Gasteiger partial charge is 0.380 e. The first-order chi connectivity index (χ1) is 7.38. The summed E-state index contributed by atoms with van der Waals surface area (Å²) in [5.41, 5.74) is 2.95. The summed E-state index contributed by atoms with van der Waals surface area (Å²) in [5.74, 6) is 8.32. The summed E-state index contributed by atoms with van der Waals surface area (Å²) in [7, 11) is 0. The van der Waals surface area contributed by atoms with Crippen molar-refractivity contribution < 1.29 is 4.74 Å². The number of hydrogen-bond acceptors (Lipinski definition) is 3. The highest BCUT2D eigenvalue weighted by Gasteiger charge is 2.53. The van der Waals surface area contributed by atoms with Crippen molar-refractivity contribution >= 4 is 0 Å². The summed E-state index contributed by atoms with van der Waals surface area (Å²) in [5, 5.41) is 0. The molecule has 0 aromatic carbocycles. The number of rotatable bonds is 6. The van der Waals surface area contributed by atoms with Crippen LogP contribution in [-0.2, 0) is 4.74 Å². The number of nitrogens with two attached hydrogens (primary N) is 1. The Hall–Kier alpha value is -0.120. The summed E-state index contributed by atoms with van der Waals surface area (Å²) < 4.78 is 5.60. The normalized spacial score (nSPS) is 36.0. The van der Waals surface area contributed by atoms with Crippen LogP contribution in [0.3, 0.4) is 0 Å². The fourth-order valence-electron chi connectivity index (χ4n) is 3.27. The molecule has 0 saturated heterocycles. The first-order valence-electron chi connectivity index (χ1n) is 6.42. The summed E-state index contributed by atoms with van der Waals surface area (Å²) in [6, 6.07) is 0.393. The van der Waals surface area contributed by atoms with E-state index in [1.807, 2.05) is 0 Å². The third-order valence-corrected chi connectivity index (χ3v) is 4.05. The van der Waals surface area contributed by atoms with E-state index in [0.29, 0.717) is 6.04 Å². The number of ether oxygens (including phenoxy) is 1. The molecule has 0 aromatic heterocycles. The highest BCUT2D eigenvalue weighted by atomic mass is 16.5. The summed E-state index contributed by atoms with van der Waals surface area (Å²) in [4.78, 5) is 0. The molecule has 3 N–H and O–H groups in total. The van der Waals surface area contributed by atoms with E-state index in [2.05, 4.69) is 12.3 Å². The molecule has 0 radical (unpaired) electrons. The highest BCUT2D eigenvalue weighted by molar-refractivity contribution is 5.04. The second-order valence-corrected chi connectivity index (χ2v) is 5.04. The molecule has 0 spiro atoms. The second-order valence-electron chi connectivity index (χ2n) is 5.04. The lowest BCUT2D eigenvalue weighted by molar-refractivity contribution is 0.103. The molecule has 2 fully saturated rings. The van der Waals surface area contributed by atoms with Crippen LogP contribution < -0.4 is 11.3 Å². The molecule has 2 aliphatic carbocycles. The van der Waals surface area contributed by atoms with Crippen LogP contribution in [0.1, 0.15) is 39.0 Å². The molecular weight excluding hydrogens is 188 g/mol. The topological polar surface area (TPSA) is 47.3 Å². The lowest BCUT2D eigenvalue weighted by Gasteiger charge is -2.16. The van der Waals surface area contributed by atoms with Gasteiger partial charge in [-0.3, -0.25) is 11.3 Å². The number of nitrogens with one attached hydrogen (secondary N) is 1. The van der Waals surface area contributed by atoms with Gasteiger partial charge < -0.3 is 4.74 Å². The molecule has 3 unspecified atom stereocenters. The Bertz CT molecular complexity index is 186. The predicted octanol–water partition coefficient (Wildman–Crippen LogP) is 1.68. The first kappa shape index (κ1) is 11.4. The zero-order chi connectivity index (χ0) is 10.7. The van der Waals surface area contributed by atoms with Gasteiger partial charge in [0.1, 0.15) is 0 Å². The molecule has 0 amide bonds. The average Bonchev–Trinajstić information content (AvgIpc) is 2.99. The Morgan fingerprint density at radius 1 is 1.33 bits per heavy atom. The minimum atomic E-state index is 0.393. The van der Waals surface area contributed by atoms with Crippen LogP contribution in [0.25, 0.3) is 0 Å². The van der Waals surface area contributed by atoms with Gasteiger partial charge in [-0.05, 0) is 37.0 Å². The Kier molecular flexibility index (Phi) is 4.00. The van der Waals surface area contributed by atoms with E-state index in [9.17, 15) is 0 Å². The standard InChI is InChI=1S/C12H24N2O/c1-2-7-15-8-11(14-13)12-9-5-3-4-6-10(9)12/h9-12,14H,2-8,13H2,1H3. The smallest absolute Gasteiger partial charge is 0.0636 e. The molecule has 3 nitrogen and oxygen atoms in total. The van der Waals surface area contributed by atoms with Crippen LogP contribution in [0, 0.1) is 17.8 Å². The van der Waals surface area contributed by atoms with Crippen molar-refractivity contribution in [2.75, 3.05) is 13.2 Å². The van der Waals surface area contributed by atoms with Crippen LogP contribution in [0.2, 0.25) is 0 Å². The Labute approximate surface area is 92.7 Å². The molecule has 2 saturated carbocycles. The van der Waals surface area contributed by atoms with E-state index in [1.54, 1.807) is 0 Å². The minimum absolute atomic E-state index is 0.393. The van der Waals surface area contributed by atoms with Crippen LogP contribution in [0.15, 0.2) is 0 Å². The molecule has 2 aliphatic rings. The quantitative estimate of drug-likeness (QED) is 0.400. The van der Waals surface area contributed by atoms with Gasteiger partial charge in [0, 0.05) is 12.6 Å². The predicted molar refractivity (Wildman–Crippen MR) is 61.2 cm³/mol. The maximum absolute atomic E-state index is 5.62. The fraction of sp³-hybridized carbons (Fsp3) is 1.00. The highest BCUT2D eigenvalue weighted by Crippen LogP contribution is 2.56. The van der Waals surface area contributed by atoms with Gasteiger partial charge in [-0.25, -0.2) is 0 Å². The fourth-order valence-corrected chi connectivity index (χ4v) is 3.27. The van der Waals surface area contributed by atoms with Crippen molar-refractivity contribution in [3.05, 3.63) is 0 Å². The third kappa shape index (κ3) is 2.52. The van der Waals surface area contributed by atoms with Crippen molar-refractivity contribution in [3.63, 3.8) is 0 Å². The number of hydrogen-bond donors (Lipinski definition) is 2. The average molecular weight is 212 g/mol. The molecule has 0 bridgehead atoms. The third-order valence-electron chi connectivity index (χ3n) is 4.05. The van der Waals surface area contributed by atoms with Crippen molar-refractivity contribution in [1.29, 1.82) is 0 Å². The zero-order valence-corrected chi connectivity index (χ0v) is 9.74. The van der Waals surface area contributed by atoms with Crippen molar-refractivity contribution in [1.82, 2.24) is 5.43 Å². The van der Waals surface area contributed by atoms with Gasteiger partial charge >= 0.3 is 0 Å². The van der Waals surface area contributed by atoms with E-state index >= 15 is 0 Å². The van der Waals surface area contributed by atoms with E-state index in [-0.39, 0.29) is 0 Å². The van der Waals surface area contributed by atoms with Crippen LogP contribution in [0.5, 0.6) is 0 Å². The molecule has 0 aliphatic heterocycles. The zero-order valence-electron chi connectivity index (χ0n) is 9.74. The molecule has 3 heteroatoms. The lowest BCUT2D eigenvalue weighted by atomic mass is 10.0. The van der Waals surface area contributed by atoms with Crippen molar-refractivity contribution in [2.45, 2.75) is 45.1 Å². The van der Waals surface area contributed by atoms with Gasteiger partial charge in [-0.1, -0.05) is 19.8 Å². The molecule has 3 atom stereocenters. The van der Waals surface area contributed by atoms with Gasteiger partial charge in [0.25, 0.3) is 0 Å². The van der Waals surface area contributed by atoms with Gasteiger partial charge in [0.05, 0.1) is 6.61 Å². The SMILES string of the molecule is CCCOCC(NN)C1C2CCCCC21. The Morgan fingerprint density at radius 2 is 2.00 bits per heavy atom. The minimum Gasteiger partial charge on any atom is -0.380 e. The molecule has 88 valence electrons. The van der Waals surface area contributed by atoms with Gasteiger partial charge in [0.15, 0.2) is 0 Å². The molecule has 0 aromatic rings. The molecule has 15 heavy (non-hydrogen) atoms. The van der Waals surface area contributed by atoms with Crippen molar-refractivity contribution in [3.8, 4) is 0 Å². The van der Waals surface area contributed by atoms with Crippen molar-refractivity contribution in [2.24, 2.45) is 23.6 Å². The Morgan fingerprint density at radius 3 is 2.53 bits per heavy atom. The molecule has 0 heterocycles. The summed E-state index contributed by atoms with van der Waals surface area (Å²) >= 11 is 0. The number of hydrazine groups is 1. The van der Waals surface area contributed by atoms with Gasteiger partial charge in [0.2, 0.25) is 0 Å². The van der Waals surface area contributed by atoms with E-state index in [0.717, 1.165) is 37.4 Å². The van der Waals surface area contributed by atoms with E-state index in [4.69, 9.17) is 10.6 Å². The summed E-state index contributed by atoms with van der Waals surface area (Å²) in [6.07, 6.45) is 6.77.